The standard InChI is InChI=1S/C46H50N6O7/c1-5-9-36(53)48-39(32-23-33(46(2,3)4)30-13-8-19-47-40(30)41(32)55)27-10-6-11-28(22-27)43(57)51-24-29(25-51)26-17-20-50(21-18-26)34-14-7-12-31-38(34)45(59)52(44(31)58)35-15-16-37(54)49-42(35)56/h6-8,10-14,19,22-23,26,29,35,39,55H,5,9,15-18,20-21,24-25H2,1-4H3,(H,48,53)(H,49,54,56). The Balaban J connectivity index is 0.949. The fourth-order valence-electron chi connectivity index (χ4n) is 9.27. The number of aromatic hydroxyl groups is 1. The van der Waals surface area contributed by atoms with E-state index in [1.54, 1.807) is 24.4 Å². The third-order valence-corrected chi connectivity index (χ3v) is 12.5. The number of hydrogen-bond donors (Lipinski definition) is 3. The smallest absolute Gasteiger partial charge is 0.264 e. The maximum atomic E-state index is 14.0. The highest BCUT2D eigenvalue weighted by molar-refractivity contribution is 6.25. The average molecular weight is 799 g/mol. The highest BCUT2D eigenvalue weighted by Gasteiger charge is 2.47. The number of carbonyl (C=O) groups is 6. The minimum absolute atomic E-state index is 0.00491. The molecule has 3 fully saturated rings. The summed E-state index contributed by atoms with van der Waals surface area (Å²) in [6, 6.07) is 16.5. The number of phenolic OH excluding ortho intramolecular Hbond substituents is 1. The molecule has 6 amide bonds. The Morgan fingerprint density at radius 2 is 1.68 bits per heavy atom. The first-order valence-electron chi connectivity index (χ1n) is 20.6. The first-order valence-corrected chi connectivity index (χ1v) is 20.6. The SMILES string of the molecule is CCCC(=O)NC(c1cccc(C(=O)N2CC(C3CCN(c4cccc5c4C(=O)N(C4CCC(=O)NC4=O)C5=O)CC3)C2)c1)c1cc(C(C)(C)C)c2cccnc2c1O. The van der Waals surface area contributed by atoms with E-state index < -0.39 is 35.7 Å². The molecule has 0 saturated carbocycles. The van der Waals surface area contributed by atoms with E-state index in [4.69, 9.17) is 0 Å². The molecule has 0 bridgehead atoms. The van der Waals surface area contributed by atoms with Gasteiger partial charge in [0.2, 0.25) is 17.7 Å². The lowest BCUT2D eigenvalue weighted by molar-refractivity contribution is -0.136. The van der Waals surface area contributed by atoms with Gasteiger partial charge < -0.3 is 20.2 Å². The van der Waals surface area contributed by atoms with Gasteiger partial charge in [-0.25, -0.2) is 0 Å². The number of amides is 6. The average Bonchev–Trinajstić information content (AvgIpc) is 3.45. The molecule has 59 heavy (non-hydrogen) atoms. The number of phenols is 1. The maximum absolute atomic E-state index is 14.0. The summed E-state index contributed by atoms with van der Waals surface area (Å²) in [4.78, 5) is 88.1. The molecule has 4 aromatic rings. The predicted octanol–water partition coefficient (Wildman–Crippen LogP) is 5.63. The van der Waals surface area contributed by atoms with Crippen LogP contribution in [0.2, 0.25) is 0 Å². The zero-order chi connectivity index (χ0) is 41.7. The van der Waals surface area contributed by atoms with Gasteiger partial charge in [0, 0.05) is 61.7 Å². The number of pyridine rings is 1. The molecule has 0 aliphatic carbocycles. The number of nitrogens with zero attached hydrogens (tertiary/aromatic N) is 4. The molecule has 8 rings (SSSR count). The molecule has 3 saturated heterocycles. The van der Waals surface area contributed by atoms with Crippen LogP contribution >= 0.6 is 0 Å². The van der Waals surface area contributed by atoms with Gasteiger partial charge in [-0.2, -0.15) is 0 Å². The van der Waals surface area contributed by atoms with E-state index >= 15 is 0 Å². The third kappa shape index (κ3) is 7.31. The van der Waals surface area contributed by atoms with E-state index in [1.165, 1.54) is 0 Å². The summed E-state index contributed by atoms with van der Waals surface area (Å²) >= 11 is 0. The molecular formula is C46H50N6O7. The monoisotopic (exact) mass is 798 g/mol. The lowest BCUT2D eigenvalue weighted by Gasteiger charge is -2.46. The van der Waals surface area contributed by atoms with Crippen LogP contribution in [-0.2, 0) is 19.8 Å². The second kappa shape index (κ2) is 15.6. The van der Waals surface area contributed by atoms with Gasteiger partial charge in [-0.1, -0.05) is 52.0 Å². The summed E-state index contributed by atoms with van der Waals surface area (Å²) in [5.41, 5.74) is 4.12. The number of nitrogens with one attached hydrogen (secondary N) is 2. The van der Waals surface area contributed by atoms with Crippen LogP contribution in [0.3, 0.4) is 0 Å². The van der Waals surface area contributed by atoms with Crippen LogP contribution in [0.1, 0.15) is 120 Å². The van der Waals surface area contributed by atoms with Gasteiger partial charge in [0.1, 0.15) is 17.3 Å². The first kappa shape index (κ1) is 39.7. The van der Waals surface area contributed by atoms with Crippen molar-refractivity contribution in [2.24, 2.45) is 11.8 Å². The van der Waals surface area contributed by atoms with Crippen LogP contribution < -0.4 is 15.5 Å². The fourth-order valence-corrected chi connectivity index (χ4v) is 9.27. The van der Waals surface area contributed by atoms with Crippen molar-refractivity contribution in [2.45, 2.75) is 83.7 Å². The second-order valence-corrected chi connectivity index (χ2v) is 17.3. The Bertz CT molecular complexity index is 2390. The zero-order valence-corrected chi connectivity index (χ0v) is 33.9. The number of imide groups is 2. The number of anilines is 1. The number of piperidine rings is 2. The van der Waals surface area contributed by atoms with E-state index in [0.717, 1.165) is 28.7 Å². The van der Waals surface area contributed by atoms with E-state index in [1.807, 2.05) is 54.3 Å². The molecule has 2 unspecified atom stereocenters. The van der Waals surface area contributed by atoms with Gasteiger partial charge in [-0.05, 0) is 90.5 Å². The van der Waals surface area contributed by atoms with Gasteiger partial charge in [0.05, 0.1) is 22.9 Å². The van der Waals surface area contributed by atoms with Crippen LogP contribution in [-0.4, -0.2) is 87.6 Å². The Kier molecular flexibility index (Phi) is 10.5. The molecule has 13 heteroatoms. The molecule has 0 radical (unpaired) electrons. The van der Waals surface area contributed by atoms with Crippen LogP contribution in [0.25, 0.3) is 10.9 Å². The van der Waals surface area contributed by atoms with Crippen LogP contribution in [0.15, 0.2) is 66.9 Å². The Morgan fingerprint density at radius 3 is 2.39 bits per heavy atom. The van der Waals surface area contributed by atoms with E-state index in [-0.39, 0.29) is 41.4 Å². The molecule has 4 aliphatic rings. The predicted molar refractivity (Wildman–Crippen MR) is 221 cm³/mol. The Morgan fingerprint density at radius 1 is 0.932 bits per heavy atom. The molecule has 2 atom stereocenters. The van der Waals surface area contributed by atoms with Gasteiger partial charge in [-0.15, -0.1) is 0 Å². The Labute approximate surface area is 343 Å². The Hall–Kier alpha value is -6.11. The van der Waals surface area contributed by atoms with Crippen molar-refractivity contribution >= 4 is 52.0 Å². The van der Waals surface area contributed by atoms with Gasteiger partial charge in [0.15, 0.2) is 0 Å². The highest BCUT2D eigenvalue weighted by Crippen LogP contribution is 2.42. The molecule has 13 nitrogen and oxygen atoms in total. The number of likely N-dealkylation sites (tertiary alicyclic amines) is 1. The van der Waals surface area contributed by atoms with E-state index in [0.29, 0.717) is 84.3 Å². The molecule has 1 aromatic heterocycles. The topological polar surface area (TPSA) is 169 Å². The molecule has 0 spiro atoms. The number of aromatic nitrogens is 1. The second-order valence-electron chi connectivity index (χ2n) is 17.3. The number of fused-ring (bicyclic) bond motifs is 2. The first-order chi connectivity index (χ1) is 28.2. The lowest BCUT2D eigenvalue weighted by Crippen LogP contribution is -2.54. The van der Waals surface area contributed by atoms with Crippen molar-refractivity contribution in [3.63, 3.8) is 0 Å². The van der Waals surface area contributed by atoms with E-state index in [9.17, 15) is 33.9 Å². The quantitative estimate of drug-likeness (QED) is 0.182. The van der Waals surface area contributed by atoms with Crippen LogP contribution in [0, 0.1) is 11.8 Å². The largest absolute Gasteiger partial charge is 0.505 e. The van der Waals surface area contributed by atoms with Crippen molar-refractivity contribution in [1.29, 1.82) is 0 Å². The third-order valence-electron chi connectivity index (χ3n) is 12.5. The van der Waals surface area contributed by atoms with Crippen molar-refractivity contribution in [2.75, 3.05) is 31.1 Å². The van der Waals surface area contributed by atoms with Crippen molar-refractivity contribution in [3.05, 3.63) is 100 Å². The number of hydrogen-bond acceptors (Lipinski definition) is 9. The minimum Gasteiger partial charge on any atom is -0.505 e. The zero-order valence-electron chi connectivity index (χ0n) is 33.9. The summed E-state index contributed by atoms with van der Waals surface area (Å²) in [5, 5.41) is 17.9. The molecule has 3 aromatic carbocycles. The lowest BCUT2D eigenvalue weighted by atomic mass is 9.79. The van der Waals surface area contributed by atoms with Crippen LogP contribution in [0.5, 0.6) is 5.75 Å². The number of carbonyl (C=O) groups excluding carboxylic acids is 6. The summed E-state index contributed by atoms with van der Waals surface area (Å²) in [6.45, 7) is 10.8. The molecule has 306 valence electrons. The highest BCUT2D eigenvalue weighted by atomic mass is 16.3. The van der Waals surface area contributed by atoms with Crippen molar-refractivity contribution < 1.29 is 33.9 Å². The summed E-state index contributed by atoms with van der Waals surface area (Å²) in [6.07, 6.45) is 4.49. The van der Waals surface area contributed by atoms with Gasteiger partial charge in [-0.3, -0.25) is 44.0 Å². The fraction of sp³-hybridized carbons (Fsp3) is 0.413. The number of rotatable bonds is 9. The normalized spacial score (nSPS) is 19.5. The maximum Gasteiger partial charge on any atom is 0.264 e. The molecule has 5 heterocycles. The molecular weight excluding hydrogens is 749 g/mol. The summed E-state index contributed by atoms with van der Waals surface area (Å²) in [7, 11) is 0. The van der Waals surface area contributed by atoms with Crippen molar-refractivity contribution in [3.8, 4) is 5.75 Å². The summed E-state index contributed by atoms with van der Waals surface area (Å²) < 4.78 is 0. The number of benzene rings is 3. The van der Waals surface area contributed by atoms with Gasteiger partial charge >= 0.3 is 0 Å². The molecule has 4 aliphatic heterocycles. The van der Waals surface area contributed by atoms with E-state index in [2.05, 4.69) is 41.3 Å². The van der Waals surface area contributed by atoms with Crippen LogP contribution in [0.4, 0.5) is 5.69 Å². The van der Waals surface area contributed by atoms with Gasteiger partial charge in [0.25, 0.3) is 17.7 Å². The molecule has 3 N–H and O–H groups in total. The van der Waals surface area contributed by atoms with Crippen molar-refractivity contribution in [1.82, 2.24) is 25.4 Å². The summed E-state index contributed by atoms with van der Waals surface area (Å²) in [5.74, 6) is -1.64. The minimum atomic E-state index is -1.02.